The maximum absolute atomic E-state index is 14.2. The van der Waals surface area contributed by atoms with E-state index >= 15 is 0 Å². The number of methoxy groups -OCH3 is 1. The van der Waals surface area contributed by atoms with Gasteiger partial charge in [0.15, 0.2) is 16.3 Å². The van der Waals surface area contributed by atoms with Gasteiger partial charge in [0, 0.05) is 30.8 Å². The van der Waals surface area contributed by atoms with Gasteiger partial charge in [0.25, 0.3) is 17.2 Å². The highest BCUT2D eigenvalue weighted by molar-refractivity contribution is 7.07. The topological polar surface area (TPSA) is 126 Å². The average Bonchev–Trinajstić information content (AvgIpc) is 3.38. The molecule has 0 N–H and O–H groups in total. The van der Waals surface area contributed by atoms with E-state index in [1.54, 1.807) is 53.8 Å². The molecule has 244 valence electrons. The van der Waals surface area contributed by atoms with Crippen molar-refractivity contribution in [1.29, 1.82) is 0 Å². The van der Waals surface area contributed by atoms with Gasteiger partial charge in [-0.15, -0.1) is 0 Å². The third-order valence-electron chi connectivity index (χ3n) is 7.84. The van der Waals surface area contributed by atoms with Crippen LogP contribution in [0.4, 0.5) is 5.69 Å². The summed E-state index contributed by atoms with van der Waals surface area (Å²) in [5.41, 5.74) is 2.89. The normalized spacial score (nSPS) is 14.3. The van der Waals surface area contributed by atoms with E-state index < -0.39 is 11.0 Å². The van der Waals surface area contributed by atoms with Gasteiger partial charge in [0.1, 0.15) is 18.4 Å². The quantitative estimate of drug-likeness (QED) is 0.155. The zero-order valence-corrected chi connectivity index (χ0v) is 27.7. The van der Waals surface area contributed by atoms with Gasteiger partial charge < -0.3 is 19.1 Å². The zero-order valence-electron chi connectivity index (χ0n) is 26.9. The Kier molecular flexibility index (Phi) is 10.2. The molecule has 47 heavy (non-hydrogen) atoms. The molecule has 5 rings (SSSR count). The molecule has 0 radical (unpaired) electrons. The Morgan fingerprint density at radius 3 is 2.40 bits per heavy atom. The third kappa shape index (κ3) is 6.82. The monoisotopic (exact) mass is 656 g/mol. The fourth-order valence-electron chi connectivity index (χ4n) is 5.49. The molecule has 0 saturated heterocycles. The van der Waals surface area contributed by atoms with E-state index in [4.69, 9.17) is 19.2 Å². The van der Waals surface area contributed by atoms with Crippen LogP contribution in [0.1, 0.15) is 50.4 Å². The molecular weight excluding hydrogens is 620 g/mol. The summed E-state index contributed by atoms with van der Waals surface area (Å²) in [5, 5.41) is 11.0. The molecule has 1 aromatic heterocycles. The van der Waals surface area contributed by atoms with Gasteiger partial charge in [0.2, 0.25) is 0 Å². The molecule has 12 heteroatoms. The fraction of sp³-hybridized carbons (Fsp3) is 0.286. The molecule has 1 amide bonds. The van der Waals surface area contributed by atoms with E-state index in [2.05, 4.69) is 0 Å². The van der Waals surface area contributed by atoms with Crippen LogP contribution >= 0.6 is 11.3 Å². The van der Waals surface area contributed by atoms with Crippen LogP contribution in [-0.2, 0) is 11.4 Å². The van der Waals surface area contributed by atoms with Gasteiger partial charge >= 0.3 is 0 Å². The number of nitro benzene ring substituents is 1. The number of non-ortho nitro benzene ring substituents is 1. The largest absolute Gasteiger partial charge is 0.496 e. The van der Waals surface area contributed by atoms with E-state index in [-0.39, 0.29) is 23.8 Å². The Labute approximate surface area is 275 Å². The number of nitro groups is 1. The molecule has 0 fully saturated rings. The summed E-state index contributed by atoms with van der Waals surface area (Å²) >= 11 is 1.25. The van der Waals surface area contributed by atoms with Crippen molar-refractivity contribution in [1.82, 2.24) is 9.47 Å². The first-order valence-electron chi connectivity index (χ1n) is 15.3. The second-order valence-electron chi connectivity index (χ2n) is 10.7. The highest BCUT2D eigenvalue weighted by atomic mass is 32.1. The number of para-hydroxylation sites is 1. The number of nitrogens with zero attached hydrogens (tertiary/aromatic N) is 4. The number of aromatic nitrogens is 1. The molecule has 11 nitrogen and oxygen atoms in total. The molecule has 0 unspecified atom stereocenters. The van der Waals surface area contributed by atoms with Crippen LogP contribution in [0.15, 0.2) is 87.8 Å². The first kappa shape index (κ1) is 33.1. The van der Waals surface area contributed by atoms with E-state index in [1.807, 2.05) is 51.1 Å². The molecule has 1 aliphatic heterocycles. The summed E-state index contributed by atoms with van der Waals surface area (Å²) in [7, 11) is 1.57. The van der Waals surface area contributed by atoms with Crippen molar-refractivity contribution in [3.63, 3.8) is 0 Å². The summed E-state index contributed by atoms with van der Waals surface area (Å²) in [6.07, 6.45) is 1.77. The van der Waals surface area contributed by atoms with Crippen LogP contribution in [-0.4, -0.2) is 47.1 Å². The number of fused-ring (bicyclic) bond motifs is 1. The minimum absolute atomic E-state index is 0.00879. The van der Waals surface area contributed by atoms with Gasteiger partial charge in [-0.25, -0.2) is 4.99 Å². The van der Waals surface area contributed by atoms with Crippen LogP contribution in [0.2, 0.25) is 0 Å². The van der Waals surface area contributed by atoms with Gasteiger partial charge in [-0.05, 0) is 75.2 Å². The molecule has 0 bridgehead atoms. The van der Waals surface area contributed by atoms with Gasteiger partial charge in [0.05, 0.1) is 34.4 Å². The van der Waals surface area contributed by atoms with Crippen LogP contribution in [0.25, 0.3) is 6.08 Å². The number of allylic oxidation sites excluding steroid dienone is 1. The van der Waals surface area contributed by atoms with E-state index in [0.29, 0.717) is 68.7 Å². The lowest BCUT2D eigenvalue weighted by Gasteiger charge is -2.29. The number of hydrogen-bond acceptors (Lipinski definition) is 9. The molecule has 0 aliphatic carbocycles. The average molecular weight is 657 g/mol. The minimum atomic E-state index is -0.730. The maximum atomic E-state index is 14.2. The lowest BCUT2D eigenvalue weighted by Crippen LogP contribution is -2.43. The van der Waals surface area contributed by atoms with Crippen molar-refractivity contribution in [2.45, 2.75) is 40.3 Å². The Hall–Kier alpha value is -5.23. The van der Waals surface area contributed by atoms with Crippen LogP contribution in [0.3, 0.4) is 0 Å². The highest BCUT2D eigenvalue weighted by Gasteiger charge is 2.35. The lowest BCUT2D eigenvalue weighted by atomic mass is 9.94. The summed E-state index contributed by atoms with van der Waals surface area (Å²) in [6.45, 7) is 9.13. The van der Waals surface area contributed by atoms with E-state index in [1.165, 1.54) is 23.5 Å². The van der Waals surface area contributed by atoms with E-state index in [9.17, 15) is 19.7 Å². The van der Waals surface area contributed by atoms with Crippen molar-refractivity contribution in [2.24, 2.45) is 4.99 Å². The first-order valence-corrected chi connectivity index (χ1v) is 16.1. The Balaban J connectivity index is 1.55. The Bertz CT molecular complexity index is 2010. The SMILES string of the molecule is CCOc1cc(/C=c2/sc3n(c2=O)[C@@H](c2ccccc2OC)C(C(=O)N(CC)CC)=C(C)N=3)ccc1OCc1ccc([N+](=O)[O-])cc1. The van der Waals surface area contributed by atoms with Crippen LogP contribution in [0, 0.1) is 10.1 Å². The number of likely N-dealkylation sites (N-methyl/N-ethyl adjacent to an activating group) is 1. The number of amides is 1. The standard InChI is InChI=1S/C35H36N4O7S/c1-6-37(7-2)34(41)31-22(4)36-35-38(32(31)26-11-9-10-12-27(26)44-5)33(40)30(47-35)20-24-15-18-28(29(19-24)45-8-3)46-21-23-13-16-25(17-14-23)39(42)43/h9-20,32H,6-8,21H2,1-5H3/b30-20+/t32-/m0/s1. The molecule has 1 atom stereocenters. The van der Waals surface area contributed by atoms with Crippen LogP contribution < -0.4 is 29.1 Å². The number of carbonyl (C=O) groups excluding carboxylic acids is 1. The second-order valence-corrected chi connectivity index (χ2v) is 11.7. The summed E-state index contributed by atoms with van der Waals surface area (Å²) in [4.78, 5) is 45.6. The minimum Gasteiger partial charge on any atom is -0.496 e. The first-order chi connectivity index (χ1) is 22.7. The zero-order chi connectivity index (χ0) is 33.7. The molecular formula is C35H36N4O7S. The number of hydrogen-bond donors (Lipinski definition) is 0. The predicted molar refractivity (Wildman–Crippen MR) is 180 cm³/mol. The number of carbonyl (C=O) groups is 1. The maximum Gasteiger partial charge on any atom is 0.271 e. The Morgan fingerprint density at radius 2 is 1.74 bits per heavy atom. The number of rotatable bonds is 12. The van der Waals surface area contributed by atoms with Crippen molar-refractivity contribution in [3.8, 4) is 17.2 Å². The molecule has 0 spiro atoms. The molecule has 3 aromatic carbocycles. The van der Waals surface area contributed by atoms with Gasteiger partial charge in [-0.2, -0.15) is 0 Å². The van der Waals surface area contributed by atoms with Gasteiger partial charge in [-0.3, -0.25) is 24.3 Å². The van der Waals surface area contributed by atoms with Crippen LogP contribution in [0.5, 0.6) is 17.2 Å². The summed E-state index contributed by atoms with van der Waals surface area (Å²) in [5.74, 6) is 1.38. The van der Waals surface area contributed by atoms with Crippen molar-refractivity contribution in [2.75, 3.05) is 26.8 Å². The van der Waals surface area contributed by atoms with Gasteiger partial charge in [-0.1, -0.05) is 35.6 Å². The Morgan fingerprint density at radius 1 is 1.02 bits per heavy atom. The number of benzene rings is 3. The number of thiazole rings is 1. The van der Waals surface area contributed by atoms with E-state index in [0.717, 1.165) is 5.56 Å². The molecule has 2 heterocycles. The third-order valence-corrected chi connectivity index (χ3v) is 8.83. The molecule has 1 aliphatic rings. The van der Waals surface area contributed by atoms with Crippen molar-refractivity contribution in [3.05, 3.63) is 124 Å². The number of ether oxygens (including phenoxy) is 3. The predicted octanol–water partition coefficient (Wildman–Crippen LogP) is 5.00. The highest BCUT2D eigenvalue weighted by Crippen LogP contribution is 2.36. The summed E-state index contributed by atoms with van der Waals surface area (Å²) in [6, 6.07) is 18.2. The lowest BCUT2D eigenvalue weighted by molar-refractivity contribution is -0.384. The molecule has 0 saturated carbocycles. The smallest absolute Gasteiger partial charge is 0.271 e. The second kappa shape index (κ2) is 14.5. The molecule has 4 aromatic rings. The fourth-order valence-corrected chi connectivity index (χ4v) is 6.54. The van der Waals surface area contributed by atoms with Crippen molar-refractivity contribution < 1.29 is 23.9 Å². The summed E-state index contributed by atoms with van der Waals surface area (Å²) < 4.78 is 19.6. The van der Waals surface area contributed by atoms with Crippen molar-refractivity contribution >= 4 is 29.0 Å².